The molecule has 0 heterocycles. The maximum Gasteiger partial charge on any atom is 0.226 e. The fourth-order valence-corrected chi connectivity index (χ4v) is 2.39. The molecular weight excluding hydrogens is 166 g/mol. The summed E-state index contributed by atoms with van der Waals surface area (Å²) in [5.74, 6) is 0. The molecule has 0 aliphatic heterocycles. The topological polar surface area (TPSA) is 54.5 Å². The Morgan fingerprint density at radius 2 is 1.82 bits per heavy atom. The lowest BCUT2D eigenvalue weighted by atomic mass is 10.5. The third-order valence-corrected chi connectivity index (χ3v) is 4.45. The van der Waals surface area contributed by atoms with E-state index >= 15 is 0 Å². The standard InChI is InChI=1S/C6H11NO3S/c1-7(2)11(9,10)6(5-8)3-4-6/h5H,3-4H2,1-2H3. The predicted octanol–water partition coefficient (Wildman–Crippen LogP) is -0.391. The Bertz CT molecular complexity index is 264. The molecule has 4 nitrogen and oxygen atoms in total. The van der Waals surface area contributed by atoms with Gasteiger partial charge in [-0.05, 0) is 12.8 Å². The first-order valence-electron chi connectivity index (χ1n) is 3.35. The summed E-state index contributed by atoms with van der Waals surface area (Å²) in [7, 11) is -0.463. The van der Waals surface area contributed by atoms with Crippen LogP contribution in [0.25, 0.3) is 0 Å². The Morgan fingerprint density at radius 1 is 1.36 bits per heavy atom. The van der Waals surface area contributed by atoms with E-state index in [9.17, 15) is 13.2 Å². The third kappa shape index (κ3) is 1.08. The Hall–Kier alpha value is -0.420. The van der Waals surface area contributed by atoms with E-state index in [0.29, 0.717) is 19.1 Å². The number of hydrogen-bond donors (Lipinski definition) is 0. The van der Waals surface area contributed by atoms with E-state index in [1.807, 2.05) is 0 Å². The lowest BCUT2D eigenvalue weighted by Crippen LogP contribution is -2.36. The van der Waals surface area contributed by atoms with Crippen molar-refractivity contribution in [1.82, 2.24) is 4.31 Å². The van der Waals surface area contributed by atoms with Gasteiger partial charge in [0.15, 0.2) is 0 Å². The fraction of sp³-hybridized carbons (Fsp3) is 0.833. The van der Waals surface area contributed by atoms with Gasteiger partial charge < -0.3 is 4.79 Å². The van der Waals surface area contributed by atoms with Crippen LogP contribution in [0.1, 0.15) is 12.8 Å². The maximum absolute atomic E-state index is 11.3. The second-order valence-corrected chi connectivity index (χ2v) is 5.46. The van der Waals surface area contributed by atoms with E-state index in [1.54, 1.807) is 0 Å². The van der Waals surface area contributed by atoms with Gasteiger partial charge in [0, 0.05) is 14.1 Å². The van der Waals surface area contributed by atoms with Gasteiger partial charge >= 0.3 is 0 Å². The van der Waals surface area contributed by atoms with Crippen molar-refractivity contribution in [3.8, 4) is 0 Å². The van der Waals surface area contributed by atoms with Gasteiger partial charge in [-0.2, -0.15) is 0 Å². The normalized spacial score (nSPS) is 21.7. The zero-order valence-electron chi connectivity index (χ0n) is 6.57. The van der Waals surface area contributed by atoms with Crippen LogP contribution in [0.2, 0.25) is 0 Å². The third-order valence-electron chi connectivity index (χ3n) is 1.95. The predicted molar refractivity (Wildman–Crippen MR) is 40.6 cm³/mol. The highest BCUT2D eigenvalue weighted by atomic mass is 32.2. The zero-order chi connectivity index (χ0) is 8.70. The Morgan fingerprint density at radius 3 is 1.91 bits per heavy atom. The number of carbonyl (C=O) groups excluding carboxylic acids is 1. The summed E-state index contributed by atoms with van der Waals surface area (Å²) in [6.45, 7) is 0. The Kier molecular flexibility index (Phi) is 1.80. The van der Waals surface area contributed by atoms with Crippen LogP contribution in [-0.4, -0.2) is 37.9 Å². The van der Waals surface area contributed by atoms with E-state index in [0.717, 1.165) is 4.31 Å². The van der Waals surface area contributed by atoms with Crippen LogP contribution in [-0.2, 0) is 14.8 Å². The average molecular weight is 177 g/mol. The molecule has 0 aromatic rings. The van der Waals surface area contributed by atoms with Crippen molar-refractivity contribution in [2.24, 2.45) is 0 Å². The van der Waals surface area contributed by atoms with Crippen LogP contribution in [0.3, 0.4) is 0 Å². The van der Waals surface area contributed by atoms with E-state index in [-0.39, 0.29) is 0 Å². The van der Waals surface area contributed by atoms with Crippen molar-refractivity contribution >= 4 is 16.3 Å². The molecule has 0 aromatic heterocycles. The minimum absolute atomic E-state index is 0.469. The van der Waals surface area contributed by atoms with Crippen molar-refractivity contribution in [3.05, 3.63) is 0 Å². The van der Waals surface area contributed by atoms with E-state index in [4.69, 9.17) is 0 Å². The smallest absolute Gasteiger partial charge is 0.226 e. The van der Waals surface area contributed by atoms with Crippen LogP contribution in [0, 0.1) is 0 Å². The molecule has 64 valence electrons. The molecule has 1 rings (SSSR count). The minimum Gasteiger partial charge on any atom is -0.302 e. The molecule has 0 radical (unpaired) electrons. The second-order valence-electron chi connectivity index (χ2n) is 2.97. The van der Waals surface area contributed by atoms with Gasteiger partial charge in [0.25, 0.3) is 0 Å². The number of sulfonamides is 1. The maximum atomic E-state index is 11.3. The van der Waals surface area contributed by atoms with Gasteiger partial charge in [-0.3, -0.25) is 0 Å². The molecule has 0 atom stereocenters. The first kappa shape index (κ1) is 8.67. The number of nitrogens with zero attached hydrogens (tertiary/aromatic N) is 1. The van der Waals surface area contributed by atoms with Crippen molar-refractivity contribution in [2.45, 2.75) is 17.6 Å². The molecule has 11 heavy (non-hydrogen) atoms. The molecule has 0 spiro atoms. The Labute approximate surface area is 66.2 Å². The van der Waals surface area contributed by atoms with Crippen molar-refractivity contribution in [1.29, 1.82) is 0 Å². The van der Waals surface area contributed by atoms with Crippen LogP contribution in [0.5, 0.6) is 0 Å². The summed E-state index contributed by atoms with van der Waals surface area (Å²) in [5.41, 5.74) is 0. The molecule has 1 fully saturated rings. The van der Waals surface area contributed by atoms with Crippen molar-refractivity contribution in [2.75, 3.05) is 14.1 Å². The number of aldehydes is 1. The lowest BCUT2D eigenvalue weighted by molar-refractivity contribution is -0.108. The minimum atomic E-state index is -3.35. The molecule has 0 amide bonds. The molecule has 0 aromatic carbocycles. The molecule has 1 saturated carbocycles. The highest BCUT2D eigenvalue weighted by Crippen LogP contribution is 2.42. The molecule has 0 unspecified atom stereocenters. The van der Waals surface area contributed by atoms with Crippen molar-refractivity contribution < 1.29 is 13.2 Å². The molecule has 1 aliphatic carbocycles. The van der Waals surface area contributed by atoms with Gasteiger partial charge in [-0.15, -0.1) is 0 Å². The fourth-order valence-electron chi connectivity index (χ4n) is 0.923. The van der Waals surface area contributed by atoms with Gasteiger partial charge in [0.1, 0.15) is 11.0 Å². The SMILES string of the molecule is CN(C)S(=O)(=O)C1(C=O)CC1. The van der Waals surface area contributed by atoms with Gasteiger partial charge in [0.2, 0.25) is 10.0 Å². The Balaban J connectivity index is 2.99. The lowest BCUT2D eigenvalue weighted by Gasteiger charge is -2.15. The first-order valence-corrected chi connectivity index (χ1v) is 4.79. The quantitative estimate of drug-likeness (QED) is 0.552. The molecule has 1 aliphatic rings. The van der Waals surface area contributed by atoms with Crippen LogP contribution < -0.4 is 0 Å². The molecule has 0 saturated heterocycles. The second kappa shape index (κ2) is 2.28. The monoisotopic (exact) mass is 177 g/mol. The van der Waals surface area contributed by atoms with Crippen LogP contribution >= 0.6 is 0 Å². The number of rotatable bonds is 3. The van der Waals surface area contributed by atoms with Crippen molar-refractivity contribution in [3.63, 3.8) is 0 Å². The highest BCUT2D eigenvalue weighted by Gasteiger charge is 2.55. The number of hydrogen-bond acceptors (Lipinski definition) is 3. The van der Waals surface area contributed by atoms with Crippen LogP contribution in [0.15, 0.2) is 0 Å². The van der Waals surface area contributed by atoms with Crippen LogP contribution in [0.4, 0.5) is 0 Å². The summed E-state index contributed by atoms with van der Waals surface area (Å²) in [6.07, 6.45) is 1.48. The molecule has 5 heteroatoms. The van der Waals surface area contributed by atoms with E-state index in [2.05, 4.69) is 0 Å². The largest absolute Gasteiger partial charge is 0.302 e. The molecule has 0 bridgehead atoms. The molecule has 0 N–H and O–H groups in total. The van der Waals surface area contributed by atoms with Gasteiger partial charge in [-0.25, -0.2) is 12.7 Å². The average Bonchev–Trinajstić information content (AvgIpc) is 2.66. The van der Waals surface area contributed by atoms with E-state index in [1.165, 1.54) is 14.1 Å². The van der Waals surface area contributed by atoms with E-state index < -0.39 is 14.8 Å². The number of carbonyl (C=O) groups is 1. The van der Waals surface area contributed by atoms with Gasteiger partial charge in [-0.1, -0.05) is 0 Å². The summed E-state index contributed by atoms with van der Waals surface area (Å²) in [6, 6.07) is 0. The molecular formula is C6H11NO3S. The summed E-state index contributed by atoms with van der Waals surface area (Å²) in [5, 5.41) is 0. The first-order chi connectivity index (χ1) is 4.96. The summed E-state index contributed by atoms with van der Waals surface area (Å²) in [4.78, 5) is 10.4. The summed E-state index contributed by atoms with van der Waals surface area (Å²) < 4.78 is 22.7. The highest BCUT2D eigenvalue weighted by molar-refractivity contribution is 7.91. The zero-order valence-corrected chi connectivity index (χ0v) is 7.39. The van der Waals surface area contributed by atoms with Gasteiger partial charge in [0.05, 0.1) is 0 Å². The summed E-state index contributed by atoms with van der Waals surface area (Å²) >= 11 is 0.